The molecule has 0 aromatic heterocycles. The minimum Gasteiger partial charge on any atom is -0.383 e. The van der Waals surface area contributed by atoms with Gasteiger partial charge in [0.05, 0.1) is 19.2 Å². The highest BCUT2D eigenvalue weighted by molar-refractivity contribution is 5.80. The average Bonchev–Trinajstić information content (AvgIpc) is 2.42. The van der Waals surface area contributed by atoms with Crippen molar-refractivity contribution >= 4 is 5.96 Å². The lowest BCUT2D eigenvalue weighted by atomic mass is 9.79. The van der Waals surface area contributed by atoms with Crippen LogP contribution in [0.1, 0.15) is 19.3 Å². The first kappa shape index (κ1) is 9.77. The van der Waals surface area contributed by atoms with Gasteiger partial charge in [0.15, 0.2) is 5.96 Å². The Balaban J connectivity index is 1.90. The van der Waals surface area contributed by atoms with Crippen LogP contribution in [0.25, 0.3) is 0 Å². The largest absolute Gasteiger partial charge is 0.383 e. The van der Waals surface area contributed by atoms with Crippen molar-refractivity contribution in [2.24, 2.45) is 16.6 Å². The third kappa shape index (κ3) is 1.71. The lowest BCUT2D eigenvalue weighted by molar-refractivity contribution is 0.127. The van der Waals surface area contributed by atoms with E-state index in [0.717, 1.165) is 25.6 Å². The number of aliphatic imine (C=N–C) groups is 1. The summed E-state index contributed by atoms with van der Waals surface area (Å²) < 4.78 is 5.08. The van der Waals surface area contributed by atoms with Gasteiger partial charge in [-0.25, -0.2) is 0 Å². The molecule has 0 spiro atoms. The predicted octanol–water partition coefficient (Wildman–Crippen LogP) is 0.432. The summed E-state index contributed by atoms with van der Waals surface area (Å²) in [5, 5.41) is 0. The Morgan fingerprint density at radius 1 is 1.57 bits per heavy atom. The zero-order valence-corrected chi connectivity index (χ0v) is 8.78. The van der Waals surface area contributed by atoms with Gasteiger partial charge in [-0.15, -0.1) is 0 Å². The Labute approximate surface area is 85.1 Å². The van der Waals surface area contributed by atoms with E-state index in [-0.39, 0.29) is 0 Å². The summed E-state index contributed by atoms with van der Waals surface area (Å²) in [4.78, 5) is 6.54. The van der Waals surface area contributed by atoms with Gasteiger partial charge >= 0.3 is 0 Å². The molecule has 0 saturated heterocycles. The van der Waals surface area contributed by atoms with Crippen LogP contribution in [0.3, 0.4) is 0 Å². The molecule has 14 heavy (non-hydrogen) atoms. The fraction of sp³-hybridized carbons (Fsp3) is 0.900. The number of rotatable bonds is 4. The van der Waals surface area contributed by atoms with Gasteiger partial charge in [-0.2, -0.15) is 0 Å². The molecule has 0 aromatic rings. The molecular formula is C10H19N3O. The summed E-state index contributed by atoms with van der Waals surface area (Å²) in [5.74, 6) is 1.52. The molecule has 2 rings (SSSR count). The number of nitrogens with two attached hydrogens (primary N) is 1. The molecule has 1 aliphatic carbocycles. The number of hydrogen-bond donors (Lipinski definition) is 1. The maximum atomic E-state index is 5.85. The Hall–Kier alpha value is -0.770. The van der Waals surface area contributed by atoms with E-state index in [2.05, 4.69) is 9.89 Å². The van der Waals surface area contributed by atoms with E-state index >= 15 is 0 Å². The molecule has 1 aliphatic heterocycles. The fourth-order valence-electron chi connectivity index (χ4n) is 2.24. The van der Waals surface area contributed by atoms with Gasteiger partial charge in [-0.1, -0.05) is 6.42 Å². The van der Waals surface area contributed by atoms with E-state index < -0.39 is 0 Å². The van der Waals surface area contributed by atoms with Crippen LogP contribution in [0.2, 0.25) is 0 Å². The molecule has 2 aliphatic rings. The van der Waals surface area contributed by atoms with E-state index in [9.17, 15) is 0 Å². The molecule has 0 bridgehead atoms. The first-order valence-corrected chi connectivity index (χ1v) is 5.38. The van der Waals surface area contributed by atoms with Gasteiger partial charge in [0, 0.05) is 13.7 Å². The normalized spacial score (nSPS) is 27.6. The molecule has 1 unspecified atom stereocenters. The van der Waals surface area contributed by atoms with Crippen LogP contribution < -0.4 is 5.73 Å². The number of ether oxygens (including phenoxy) is 1. The molecule has 0 radical (unpaired) electrons. The molecular weight excluding hydrogens is 178 g/mol. The summed E-state index contributed by atoms with van der Waals surface area (Å²) in [6, 6.07) is 0.555. The Morgan fingerprint density at radius 3 is 2.93 bits per heavy atom. The minimum atomic E-state index is 0.555. The van der Waals surface area contributed by atoms with Crippen LogP contribution in [0.5, 0.6) is 0 Å². The molecule has 4 nitrogen and oxygen atoms in total. The molecule has 4 heteroatoms. The molecule has 1 atom stereocenters. The fourth-order valence-corrected chi connectivity index (χ4v) is 2.24. The van der Waals surface area contributed by atoms with E-state index in [1.165, 1.54) is 19.3 Å². The van der Waals surface area contributed by atoms with E-state index in [1.54, 1.807) is 7.11 Å². The van der Waals surface area contributed by atoms with Crippen molar-refractivity contribution in [1.82, 2.24) is 4.90 Å². The zero-order valence-electron chi connectivity index (χ0n) is 8.78. The van der Waals surface area contributed by atoms with Crippen LogP contribution in [0.4, 0.5) is 0 Å². The summed E-state index contributed by atoms with van der Waals surface area (Å²) in [5.41, 5.74) is 5.85. The van der Waals surface area contributed by atoms with Crippen molar-refractivity contribution < 1.29 is 4.74 Å². The first-order chi connectivity index (χ1) is 6.83. The summed E-state index contributed by atoms with van der Waals surface area (Å²) >= 11 is 0. The maximum absolute atomic E-state index is 5.85. The van der Waals surface area contributed by atoms with E-state index in [0.29, 0.717) is 12.0 Å². The second kappa shape index (κ2) is 4.17. The van der Waals surface area contributed by atoms with Crippen molar-refractivity contribution in [3.05, 3.63) is 0 Å². The number of hydrogen-bond acceptors (Lipinski definition) is 4. The van der Waals surface area contributed by atoms with Gasteiger partial charge < -0.3 is 15.4 Å². The van der Waals surface area contributed by atoms with Gasteiger partial charge in [-0.05, 0) is 18.8 Å². The molecule has 80 valence electrons. The highest BCUT2D eigenvalue weighted by Crippen LogP contribution is 2.33. The highest BCUT2D eigenvalue weighted by Gasteiger charge is 2.35. The Morgan fingerprint density at radius 2 is 2.36 bits per heavy atom. The van der Waals surface area contributed by atoms with Crippen LogP contribution in [-0.2, 0) is 4.74 Å². The molecule has 1 saturated carbocycles. The second-order valence-corrected chi connectivity index (χ2v) is 4.14. The summed E-state index contributed by atoms with van der Waals surface area (Å²) in [6.45, 7) is 2.51. The van der Waals surface area contributed by atoms with Crippen molar-refractivity contribution in [1.29, 1.82) is 0 Å². The van der Waals surface area contributed by atoms with Crippen molar-refractivity contribution in [2.75, 3.05) is 26.8 Å². The summed E-state index contributed by atoms with van der Waals surface area (Å²) in [6.07, 6.45) is 4.06. The third-order valence-electron chi connectivity index (χ3n) is 3.37. The van der Waals surface area contributed by atoms with Crippen LogP contribution in [-0.4, -0.2) is 43.7 Å². The number of nitrogens with zero attached hydrogens (tertiary/aromatic N) is 2. The quantitative estimate of drug-likeness (QED) is 0.711. The second-order valence-electron chi connectivity index (χ2n) is 4.14. The number of methoxy groups -OCH3 is 1. The molecule has 1 fully saturated rings. The zero-order chi connectivity index (χ0) is 9.97. The summed E-state index contributed by atoms with van der Waals surface area (Å²) in [7, 11) is 1.72. The minimum absolute atomic E-state index is 0.555. The van der Waals surface area contributed by atoms with Crippen LogP contribution >= 0.6 is 0 Å². The van der Waals surface area contributed by atoms with Gasteiger partial charge in [0.2, 0.25) is 0 Å². The van der Waals surface area contributed by atoms with Crippen molar-refractivity contribution in [3.8, 4) is 0 Å². The Bertz CT molecular complexity index is 225. The average molecular weight is 197 g/mol. The van der Waals surface area contributed by atoms with Crippen molar-refractivity contribution in [2.45, 2.75) is 25.3 Å². The maximum Gasteiger partial charge on any atom is 0.191 e. The highest BCUT2D eigenvalue weighted by atomic mass is 16.5. The lowest BCUT2D eigenvalue weighted by Crippen LogP contribution is -2.47. The van der Waals surface area contributed by atoms with Gasteiger partial charge in [0.1, 0.15) is 0 Å². The molecule has 2 N–H and O–H groups in total. The van der Waals surface area contributed by atoms with Crippen LogP contribution in [0.15, 0.2) is 4.99 Å². The van der Waals surface area contributed by atoms with E-state index in [1.807, 2.05) is 0 Å². The third-order valence-corrected chi connectivity index (χ3v) is 3.37. The molecule has 0 amide bonds. The smallest absolute Gasteiger partial charge is 0.191 e. The first-order valence-electron chi connectivity index (χ1n) is 5.38. The van der Waals surface area contributed by atoms with Gasteiger partial charge in [-0.3, -0.25) is 4.99 Å². The van der Waals surface area contributed by atoms with Gasteiger partial charge in [0.25, 0.3) is 0 Å². The van der Waals surface area contributed by atoms with Crippen LogP contribution in [0, 0.1) is 5.92 Å². The molecule has 0 aromatic carbocycles. The topological polar surface area (TPSA) is 50.9 Å². The predicted molar refractivity (Wildman–Crippen MR) is 56.2 cm³/mol. The van der Waals surface area contributed by atoms with E-state index in [4.69, 9.17) is 10.5 Å². The lowest BCUT2D eigenvalue weighted by Gasteiger charge is -2.37. The SMILES string of the molecule is COCCN1C(N)=NCC1C1CCC1. The van der Waals surface area contributed by atoms with Crippen molar-refractivity contribution in [3.63, 3.8) is 0 Å². The number of guanidine groups is 1. The monoisotopic (exact) mass is 197 g/mol. The standard InChI is InChI=1S/C10H19N3O/c1-14-6-5-13-9(7-12-10(13)11)8-3-2-4-8/h8-9H,2-7H2,1H3,(H2,11,12). The molecule has 1 heterocycles. The Kier molecular flexibility index (Phi) is 2.91.